The normalized spacial score (nSPS) is 13.9. The van der Waals surface area contributed by atoms with Crippen LogP contribution < -0.4 is 0 Å². The Bertz CT molecular complexity index is 971. The van der Waals surface area contributed by atoms with E-state index < -0.39 is 0 Å². The molecular weight excluding hydrogens is 338 g/mol. The second kappa shape index (κ2) is 7.14. The molecule has 0 bridgehead atoms. The maximum Gasteiger partial charge on any atom is 0.259 e. The summed E-state index contributed by atoms with van der Waals surface area (Å²) in [6.45, 7) is 7.34. The van der Waals surface area contributed by atoms with E-state index in [1.165, 1.54) is 5.56 Å². The third-order valence-electron chi connectivity index (χ3n) is 5.14. The summed E-state index contributed by atoms with van der Waals surface area (Å²) in [6.07, 6.45) is 3.16. The molecule has 1 saturated carbocycles. The fourth-order valence-electron chi connectivity index (χ4n) is 3.48. The topological polar surface area (TPSA) is 59.2 Å². The van der Waals surface area contributed by atoms with Crippen molar-refractivity contribution in [2.45, 2.75) is 52.5 Å². The standard InChI is InChI=1S/C22H25N3O2/c1-4-11-25(13-16-7-5-14(2)6-8-16)22(26)18-12-19(17-9-10-17)23-21-20(18)15(3)24-27-21/h5-8,12,17H,4,9-11,13H2,1-3H3. The zero-order valence-electron chi connectivity index (χ0n) is 16.2. The molecule has 4 rings (SSSR count). The van der Waals surface area contributed by atoms with Crippen LogP contribution in [0.25, 0.3) is 11.1 Å². The van der Waals surface area contributed by atoms with Gasteiger partial charge in [-0.05, 0) is 44.7 Å². The number of carbonyl (C=O) groups is 1. The molecule has 1 fully saturated rings. The molecule has 3 aromatic rings. The number of carbonyl (C=O) groups excluding carboxylic acids is 1. The molecule has 1 amide bonds. The third kappa shape index (κ3) is 3.59. The van der Waals surface area contributed by atoms with Gasteiger partial charge < -0.3 is 9.42 Å². The highest BCUT2D eigenvalue weighted by Crippen LogP contribution is 2.40. The lowest BCUT2D eigenvalue weighted by Gasteiger charge is -2.23. The molecule has 1 aliphatic rings. The average molecular weight is 363 g/mol. The summed E-state index contributed by atoms with van der Waals surface area (Å²) in [7, 11) is 0. The van der Waals surface area contributed by atoms with Crippen LogP contribution in [0, 0.1) is 13.8 Å². The number of nitrogens with zero attached hydrogens (tertiary/aromatic N) is 3. The van der Waals surface area contributed by atoms with Crippen LogP contribution in [0.1, 0.15) is 65.0 Å². The van der Waals surface area contributed by atoms with Crippen molar-refractivity contribution in [3.8, 4) is 0 Å². The summed E-state index contributed by atoms with van der Waals surface area (Å²) in [5.74, 6) is 0.473. The number of amides is 1. The predicted molar refractivity (Wildman–Crippen MR) is 105 cm³/mol. The highest BCUT2D eigenvalue weighted by molar-refractivity contribution is 6.06. The number of hydrogen-bond acceptors (Lipinski definition) is 4. The molecule has 0 N–H and O–H groups in total. The van der Waals surface area contributed by atoms with Crippen LogP contribution in [0.15, 0.2) is 34.9 Å². The van der Waals surface area contributed by atoms with E-state index in [1.54, 1.807) is 0 Å². The summed E-state index contributed by atoms with van der Waals surface area (Å²) in [5, 5.41) is 4.80. The SMILES string of the molecule is CCCN(Cc1ccc(C)cc1)C(=O)c1cc(C2CC2)nc2onc(C)c12. The highest BCUT2D eigenvalue weighted by Gasteiger charge is 2.29. The fraction of sp³-hybridized carbons (Fsp3) is 0.409. The number of aromatic nitrogens is 2. The maximum atomic E-state index is 13.5. The molecular formula is C22H25N3O2. The quantitative estimate of drug-likeness (QED) is 0.633. The Morgan fingerprint density at radius 3 is 2.63 bits per heavy atom. The first-order valence-electron chi connectivity index (χ1n) is 9.68. The van der Waals surface area contributed by atoms with Gasteiger partial charge in [0.1, 0.15) is 0 Å². The van der Waals surface area contributed by atoms with Gasteiger partial charge in [-0.15, -0.1) is 0 Å². The van der Waals surface area contributed by atoms with Gasteiger partial charge in [-0.3, -0.25) is 4.79 Å². The van der Waals surface area contributed by atoms with Crippen LogP contribution in [0.4, 0.5) is 0 Å². The molecule has 27 heavy (non-hydrogen) atoms. The minimum atomic E-state index is 0.0259. The molecule has 0 unspecified atom stereocenters. The largest absolute Gasteiger partial charge is 0.336 e. The molecule has 0 radical (unpaired) electrons. The van der Waals surface area contributed by atoms with Crippen molar-refractivity contribution in [2.24, 2.45) is 0 Å². The Labute approximate surface area is 159 Å². The van der Waals surface area contributed by atoms with Crippen LogP contribution in [-0.2, 0) is 6.54 Å². The summed E-state index contributed by atoms with van der Waals surface area (Å²) < 4.78 is 5.40. The number of hydrogen-bond donors (Lipinski definition) is 0. The second-order valence-corrected chi connectivity index (χ2v) is 7.53. The lowest BCUT2D eigenvalue weighted by Crippen LogP contribution is -2.31. The van der Waals surface area contributed by atoms with E-state index in [1.807, 2.05) is 17.9 Å². The second-order valence-electron chi connectivity index (χ2n) is 7.53. The smallest absolute Gasteiger partial charge is 0.259 e. The van der Waals surface area contributed by atoms with E-state index >= 15 is 0 Å². The van der Waals surface area contributed by atoms with Crippen molar-refractivity contribution in [1.82, 2.24) is 15.0 Å². The lowest BCUT2D eigenvalue weighted by atomic mass is 10.1. The van der Waals surface area contributed by atoms with Gasteiger partial charge in [0.15, 0.2) is 0 Å². The van der Waals surface area contributed by atoms with E-state index in [-0.39, 0.29) is 5.91 Å². The highest BCUT2D eigenvalue weighted by atomic mass is 16.5. The van der Waals surface area contributed by atoms with Gasteiger partial charge in [0.25, 0.3) is 11.6 Å². The monoisotopic (exact) mass is 363 g/mol. The Kier molecular flexibility index (Phi) is 4.68. The van der Waals surface area contributed by atoms with Crippen molar-refractivity contribution >= 4 is 17.0 Å². The van der Waals surface area contributed by atoms with Crippen LogP contribution in [0.5, 0.6) is 0 Å². The lowest BCUT2D eigenvalue weighted by molar-refractivity contribution is 0.0745. The number of rotatable bonds is 6. The van der Waals surface area contributed by atoms with E-state index in [0.717, 1.165) is 41.6 Å². The number of benzene rings is 1. The van der Waals surface area contributed by atoms with Gasteiger partial charge in [-0.2, -0.15) is 0 Å². The van der Waals surface area contributed by atoms with Gasteiger partial charge >= 0.3 is 0 Å². The predicted octanol–water partition coefficient (Wildman–Crippen LogP) is 4.77. The number of aryl methyl sites for hydroxylation is 2. The first-order valence-corrected chi connectivity index (χ1v) is 9.68. The van der Waals surface area contributed by atoms with Crippen molar-refractivity contribution in [2.75, 3.05) is 6.54 Å². The Morgan fingerprint density at radius 2 is 1.96 bits per heavy atom. The molecule has 2 heterocycles. The van der Waals surface area contributed by atoms with Gasteiger partial charge in [0.05, 0.1) is 16.6 Å². The van der Waals surface area contributed by atoms with Crippen molar-refractivity contribution in [1.29, 1.82) is 0 Å². The van der Waals surface area contributed by atoms with Crippen LogP contribution in [0.3, 0.4) is 0 Å². The number of pyridine rings is 1. The molecule has 2 aromatic heterocycles. The minimum Gasteiger partial charge on any atom is -0.336 e. The molecule has 5 nitrogen and oxygen atoms in total. The van der Waals surface area contributed by atoms with Crippen molar-refractivity contribution in [3.63, 3.8) is 0 Å². The summed E-state index contributed by atoms with van der Waals surface area (Å²) in [4.78, 5) is 20.0. The first-order chi connectivity index (χ1) is 13.1. The van der Waals surface area contributed by atoms with Crippen molar-refractivity contribution < 1.29 is 9.32 Å². The number of fused-ring (bicyclic) bond motifs is 1. The average Bonchev–Trinajstić information content (AvgIpc) is 3.45. The van der Waals surface area contributed by atoms with E-state index in [0.29, 0.717) is 30.3 Å². The fourth-order valence-corrected chi connectivity index (χ4v) is 3.48. The third-order valence-corrected chi connectivity index (χ3v) is 5.14. The summed E-state index contributed by atoms with van der Waals surface area (Å²) in [5.41, 5.74) is 5.17. The van der Waals surface area contributed by atoms with Gasteiger partial charge in [-0.1, -0.05) is 41.9 Å². The molecule has 1 aliphatic carbocycles. The molecule has 140 valence electrons. The Morgan fingerprint density at radius 1 is 1.22 bits per heavy atom. The van der Waals surface area contributed by atoms with E-state index in [4.69, 9.17) is 4.52 Å². The van der Waals surface area contributed by atoms with E-state index in [2.05, 4.69) is 48.3 Å². The zero-order valence-corrected chi connectivity index (χ0v) is 16.2. The summed E-state index contributed by atoms with van der Waals surface area (Å²) >= 11 is 0. The maximum absolute atomic E-state index is 13.5. The van der Waals surface area contributed by atoms with Crippen molar-refractivity contribution in [3.05, 3.63) is 58.4 Å². The molecule has 0 atom stereocenters. The molecule has 0 spiro atoms. The Hall–Kier alpha value is -2.69. The minimum absolute atomic E-state index is 0.0259. The Balaban J connectivity index is 1.72. The van der Waals surface area contributed by atoms with E-state index in [9.17, 15) is 4.79 Å². The molecule has 5 heteroatoms. The van der Waals surface area contributed by atoms with Crippen LogP contribution in [-0.4, -0.2) is 27.5 Å². The molecule has 0 saturated heterocycles. The zero-order chi connectivity index (χ0) is 19.0. The molecule has 0 aliphatic heterocycles. The van der Waals surface area contributed by atoms with Gasteiger partial charge in [0.2, 0.25) is 0 Å². The van der Waals surface area contributed by atoms with Crippen LogP contribution in [0.2, 0.25) is 0 Å². The van der Waals surface area contributed by atoms with Gasteiger partial charge in [-0.25, -0.2) is 4.98 Å². The van der Waals surface area contributed by atoms with Gasteiger partial charge in [0, 0.05) is 24.7 Å². The van der Waals surface area contributed by atoms with Crippen LogP contribution >= 0.6 is 0 Å². The molecule has 1 aromatic carbocycles. The first kappa shape index (κ1) is 17.7. The summed E-state index contributed by atoms with van der Waals surface area (Å²) in [6, 6.07) is 10.3.